The van der Waals surface area contributed by atoms with Crippen LogP contribution in [0, 0.1) is 17.0 Å². The SMILES string of the molecule is Cc1cc([N+](=O)[O-])cnc1-c1ccccc1Cl. The molecular formula is C12H9ClN2O2. The second kappa shape index (κ2) is 4.51. The maximum atomic E-state index is 10.6. The van der Waals surface area contributed by atoms with Crippen LogP contribution in [0.4, 0.5) is 5.69 Å². The van der Waals surface area contributed by atoms with E-state index < -0.39 is 4.92 Å². The summed E-state index contributed by atoms with van der Waals surface area (Å²) < 4.78 is 0. The van der Waals surface area contributed by atoms with E-state index in [1.54, 1.807) is 13.0 Å². The first kappa shape index (κ1) is 11.5. The predicted molar refractivity (Wildman–Crippen MR) is 66.1 cm³/mol. The van der Waals surface area contributed by atoms with E-state index in [9.17, 15) is 10.1 Å². The molecule has 0 unspecified atom stereocenters. The van der Waals surface area contributed by atoms with Gasteiger partial charge in [-0.2, -0.15) is 0 Å². The molecule has 0 aliphatic heterocycles. The number of hydrogen-bond acceptors (Lipinski definition) is 3. The highest BCUT2D eigenvalue weighted by atomic mass is 35.5. The summed E-state index contributed by atoms with van der Waals surface area (Å²) in [6.45, 7) is 1.78. The molecule has 0 bridgehead atoms. The van der Waals surface area contributed by atoms with Crippen molar-refractivity contribution < 1.29 is 4.92 Å². The van der Waals surface area contributed by atoms with Crippen molar-refractivity contribution in [2.75, 3.05) is 0 Å². The maximum absolute atomic E-state index is 10.6. The average molecular weight is 249 g/mol. The Balaban J connectivity index is 2.55. The zero-order chi connectivity index (χ0) is 12.4. The molecule has 5 heteroatoms. The number of halogens is 1. The molecule has 0 saturated carbocycles. The minimum Gasteiger partial charge on any atom is -0.258 e. The molecule has 1 aromatic heterocycles. The molecule has 17 heavy (non-hydrogen) atoms. The molecule has 0 amide bonds. The number of pyridine rings is 1. The quantitative estimate of drug-likeness (QED) is 0.602. The van der Waals surface area contributed by atoms with Crippen LogP contribution in [0.3, 0.4) is 0 Å². The standard InChI is InChI=1S/C12H9ClN2O2/c1-8-6-9(15(16)17)7-14-12(8)10-4-2-3-5-11(10)13/h2-7H,1H3. The molecule has 2 aromatic rings. The van der Waals surface area contributed by atoms with Crippen LogP contribution in [0.1, 0.15) is 5.56 Å². The second-order valence-corrected chi connectivity index (χ2v) is 4.00. The van der Waals surface area contributed by atoms with Crippen molar-refractivity contribution in [3.05, 3.63) is 57.2 Å². The Bertz CT molecular complexity index is 584. The largest absolute Gasteiger partial charge is 0.287 e. The van der Waals surface area contributed by atoms with Gasteiger partial charge < -0.3 is 0 Å². The second-order valence-electron chi connectivity index (χ2n) is 3.60. The van der Waals surface area contributed by atoms with Crippen LogP contribution in [0.15, 0.2) is 36.5 Å². The zero-order valence-electron chi connectivity index (χ0n) is 9.05. The third-order valence-corrected chi connectivity index (χ3v) is 2.73. The Morgan fingerprint density at radius 3 is 2.65 bits per heavy atom. The van der Waals surface area contributed by atoms with E-state index in [2.05, 4.69) is 4.98 Å². The molecule has 0 aliphatic rings. The summed E-state index contributed by atoms with van der Waals surface area (Å²) in [6, 6.07) is 8.77. The summed E-state index contributed by atoms with van der Waals surface area (Å²) in [7, 11) is 0. The number of aromatic nitrogens is 1. The molecule has 0 fully saturated rings. The van der Waals surface area contributed by atoms with Crippen LogP contribution in [0.5, 0.6) is 0 Å². The first-order valence-corrected chi connectivity index (χ1v) is 5.33. The highest BCUT2D eigenvalue weighted by Gasteiger charge is 2.12. The fraction of sp³-hybridized carbons (Fsp3) is 0.0833. The highest BCUT2D eigenvalue weighted by molar-refractivity contribution is 6.33. The first-order chi connectivity index (χ1) is 8.09. The summed E-state index contributed by atoms with van der Waals surface area (Å²) in [4.78, 5) is 14.2. The molecule has 86 valence electrons. The van der Waals surface area contributed by atoms with E-state index in [1.165, 1.54) is 12.3 Å². The number of rotatable bonds is 2. The number of aryl methyl sites for hydroxylation is 1. The van der Waals surface area contributed by atoms with Crippen LogP contribution in [-0.4, -0.2) is 9.91 Å². The van der Waals surface area contributed by atoms with Crippen LogP contribution in [0.2, 0.25) is 5.02 Å². The van der Waals surface area contributed by atoms with Crippen LogP contribution in [0.25, 0.3) is 11.3 Å². The Labute approximate surface area is 103 Å². The van der Waals surface area contributed by atoms with Crippen molar-refractivity contribution in [3.63, 3.8) is 0 Å². The van der Waals surface area contributed by atoms with Gasteiger partial charge in [0.15, 0.2) is 0 Å². The summed E-state index contributed by atoms with van der Waals surface area (Å²) in [5.41, 5.74) is 2.16. The minimum atomic E-state index is -0.462. The van der Waals surface area contributed by atoms with E-state index in [4.69, 9.17) is 11.6 Å². The molecule has 0 saturated heterocycles. The van der Waals surface area contributed by atoms with Crippen molar-refractivity contribution in [3.8, 4) is 11.3 Å². The maximum Gasteiger partial charge on any atom is 0.287 e. The average Bonchev–Trinajstić information content (AvgIpc) is 2.30. The van der Waals surface area contributed by atoms with Crippen molar-refractivity contribution in [1.29, 1.82) is 0 Å². The highest BCUT2D eigenvalue weighted by Crippen LogP contribution is 2.29. The monoisotopic (exact) mass is 248 g/mol. The zero-order valence-corrected chi connectivity index (χ0v) is 9.81. The number of hydrogen-bond donors (Lipinski definition) is 0. The van der Waals surface area contributed by atoms with Gasteiger partial charge in [-0.05, 0) is 18.6 Å². The summed E-state index contributed by atoms with van der Waals surface area (Å²) in [5, 5.41) is 11.2. The topological polar surface area (TPSA) is 56.0 Å². The van der Waals surface area contributed by atoms with Crippen molar-refractivity contribution in [1.82, 2.24) is 4.98 Å². The number of nitrogens with zero attached hydrogens (tertiary/aromatic N) is 2. The normalized spacial score (nSPS) is 10.2. The summed E-state index contributed by atoms with van der Waals surface area (Å²) >= 11 is 6.06. The molecule has 0 atom stereocenters. The van der Waals surface area contributed by atoms with Gasteiger partial charge in [0.05, 0.1) is 10.6 Å². The summed E-state index contributed by atoms with van der Waals surface area (Å²) in [6.07, 6.45) is 1.24. The van der Waals surface area contributed by atoms with Gasteiger partial charge in [-0.1, -0.05) is 29.8 Å². The van der Waals surface area contributed by atoms with Crippen molar-refractivity contribution in [2.24, 2.45) is 0 Å². The molecule has 2 rings (SSSR count). The minimum absolute atomic E-state index is 0.0155. The molecule has 4 nitrogen and oxygen atoms in total. The van der Waals surface area contributed by atoms with Crippen LogP contribution < -0.4 is 0 Å². The van der Waals surface area contributed by atoms with Gasteiger partial charge in [0.25, 0.3) is 5.69 Å². The van der Waals surface area contributed by atoms with E-state index in [-0.39, 0.29) is 5.69 Å². The van der Waals surface area contributed by atoms with Crippen molar-refractivity contribution in [2.45, 2.75) is 6.92 Å². The van der Waals surface area contributed by atoms with Crippen LogP contribution in [-0.2, 0) is 0 Å². The fourth-order valence-electron chi connectivity index (χ4n) is 1.60. The lowest BCUT2D eigenvalue weighted by Gasteiger charge is -2.06. The molecular weight excluding hydrogens is 240 g/mol. The van der Waals surface area contributed by atoms with Crippen LogP contribution >= 0.6 is 11.6 Å². The first-order valence-electron chi connectivity index (χ1n) is 4.95. The number of benzene rings is 1. The molecule has 1 heterocycles. The Morgan fingerprint density at radius 1 is 1.35 bits per heavy atom. The van der Waals surface area contributed by atoms with Gasteiger partial charge in [-0.15, -0.1) is 0 Å². The van der Waals surface area contributed by atoms with Gasteiger partial charge >= 0.3 is 0 Å². The third-order valence-electron chi connectivity index (χ3n) is 2.40. The van der Waals surface area contributed by atoms with Gasteiger partial charge in [0.2, 0.25) is 0 Å². The molecule has 0 N–H and O–H groups in total. The Kier molecular flexibility index (Phi) is 3.06. The molecule has 0 aliphatic carbocycles. The predicted octanol–water partition coefficient (Wildman–Crippen LogP) is 3.62. The lowest BCUT2D eigenvalue weighted by molar-refractivity contribution is -0.385. The smallest absolute Gasteiger partial charge is 0.258 e. The Morgan fingerprint density at radius 2 is 2.06 bits per heavy atom. The Hall–Kier alpha value is -1.94. The summed E-state index contributed by atoms with van der Waals surface area (Å²) in [5.74, 6) is 0. The number of nitro groups is 1. The van der Waals surface area contributed by atoms with Gasteiger partial charge in [0.1, 0.15) is 6.20 Å². The molecule has 0 spiro atoms. The van der Waals surface area contributed by atoms with Gasteiger partial charge in [0, 0.05) is 16.7 Å². The molecule has 0 radical (unpaired) electrons. The lowest BCUT2D eigenvalue weighted by atomic mass is 10.1. The van der Waals surface area contributed by atoms with E-state index in [1.807, 2.05) is 18.2 Å². The molecule has 1 aromatic carbocycles. The third kappa shape index (κ3) is 2.26. The lowest BCUT2D eigenvalue weighted by Crippen LogP contribution is -1.94. The van der Waals surface area contributed by atoms with E-state index >= 15 is 0 Å². The van der Waals surface area contributed by atoms with Gasteiger partial charge in [-0.3, -0.25) is 10.1 Å². The fourth-order valence-corrected chi connectivity index (χ4v) is 1.82. The van der Waals surface area contributed by atoms with Gasteiger partial charge in [-0.25, -0.2) is 4.98 Å². The van der Waals surface area contributed by atoms with E-state index in [0.29, 0.717) is 10.7 Å². The van der Waals surface area contributed by atoms with Crippen molar-refractivity contribution >= 4 is 17.3 Å². The van der Waals surface area contributed by atoms with E-state index in [0.717, 1.165) is 11.1 Å².